The molecule has 2 aliphatic heterocycles. The quantitative estimate of drug-likeness (QED) is 0.590. The summed E-state index contributed by atoms with van der Waals surface area (Å²) in [7, 11) is 0. The molecule has 1 aromatic carbocycles. The maximum atomic E-state index is 6.09. The minimum Gasteiger partial charge on any atom is -0.454 e. The predicted molar refractivity (Wildman–Crippen MR) is 118 cm³/mol. The third-order valence-corrected chi connectivity index (χ3v) is 5.63. The Kier molecular flexibility index (Phi) is 7.07. The lowest BCUT2D eigenvalue weighted by Gasteiger charge is -2.34. The standard InChI is InChI=1S/C24H33N3O3/c1-19(2)16-28-17-21(26-11-5-6-12-26)15-27(24-7-3-4-10-25-24)14-20-8-9-22-23(13-20)30-18-29-22/h3-4,7-10,13,19,21H,5-6,11-12,14-18H2,1-2H3. The van der Waals surface area contributed by atoms with Crippen LogP contribution in [0.2, 0.25) is 0 Å². The number of rotatable bonds is 10. The Morgan fingerprint density at radius 2 is 1.90 bits per heavy atom. The zero-order chi connectivity index (χ0) is 20.8. The van der Waals surface area contributed by atoms with Crippen molar-refractivity contribution in [3.05, 3.63) is 48.2 Å². The van der Waals surface area contributed by atoms with Gasteiger partial charge in [-0.1, -0.05) is 26.0 Å². The molecule has 0 spiro atoms. The van der Waals surface area contributed by atoms with Gasteiger partial charge >= 0.3 is 0 Å². The molecule has 1 fully saturated rings. The summed E-state index contributed by atoms with van der Waals surface area (Å²) in [6, 6.07) is 12.6. The third-order valence-electron chi connectivity index (χ3n) is 5.63. The number of hydrogen-bond acceptors (Lipinski definition) is 6. The molecular weight excluding hydrogens is 378 g/mol. The van der Waals surface area contributed by atoms with Gasteiger partial charge in [0.05, 0.1) is 12.6 Å². The largest absolute Gasteiger partial charge is 0.454 e. The van der Waals surface area contributed by atoms with E-state index in [1.807, 2.05) is 18.3 Å². The van der Waals surface area contributed by atoms with Gasteiger partial charge < -0.3 is 19.1 Å². The average molecular weight is 412 g/mol. The molecule has 2 aliphatic rings. The van der Waals surface area contributed by atoms with Crippen molar-refractivity contribution in [3.63, 3.8) is 0 Å². The predicted octanol–water partition coefficient (Wildman–Crippen LogP) is 3.95. The van der Waals surface area contributed by atoms with Crippen LogP contribution < -0.4 is 14.4 Å². The fourth-order valence-corrected chi connectivity index (χ4v) is 4.11. The van der Waals surface area contributed by atoms with Crippen molar-refractivity contribution < 1.29 is 14.2 Å². The van der Waals surface area contributed by atoms with E-state index >= 15 is 0 Å². The Morgan fingerprint density at radius 3 is 2.67 bits per heavy atom. The third kappa shape index (κ3) is 5.43. The van der Waals surface area contributed by atoms with Crippen molar-refractivity contribution in [2.75, 3.05) is 44.5 Å². The summed E-state index contributed by atoms with van der Waals surface area (Å²) < 4.78 is 17.1. The van der Waals surface area contributed by atoms with E-state index in [-0.39, 0.29) is 0 Å². The maximum absolute atomic E-state index is 6.09. The molecule has 0 bridgehead atoms. The fourth-order valence-electron chi connectivity index (χ4n) is 4.11. The number of nitrogens with zero attached hydrogens (tertiary/aromatic N) is 3. The number of aromatic nitrogens is 1. The van der Waals surface area contributed by atoms with Crippen LogP contribution >= 0.6 is 0 Å². The van der Waals surface area contributed by atoms with E-state index in [2.05, 4.69) is 52.9 Å². The molecular formula is C24H33N3O3. The second-order valence-electron chi connectivity index (χ2n) is 8.58. The molecule has 1 unspecified atom stereocenters. The molecule has 3 heterocycles. The van der Waals surface area contributed by atoms with Crippen LogP contribution in [-0.2, 0) is 11.3 Å². The van der Waals surface area contributed by atoms with Crippen molar-refractivity contribution in [3.8, 4) is 11.5 Å². The van der Waals surface area contributed by atoms with Gasteiger partial charge in [0, 0.05) is 25.9 Å². The highest BCUT2D eigenvalue weighted by Gasteiger charge is 2.25. The van der Waals surface area contributed by atoms with Crippen LogP contribution in [0.25, 0.3) is 0 Å². The van der Waals surface area contributed by atoms with E-state index < -0.39 is 0 Å². The summed E-state index contributed by atoms with van der Waals surface area (Å²) in [5.74, 6) is 3.18. The SMILES string of the molecule is CC(C)COCC(CN(Cc1ccc2c(c1)OCO2)c1ccccn1)N1CCCC1. The molecule has 0 saturated carbocycles. The monoisotopic (exact) mass is 411 g/mol. The summed E-state index contributed by atoms with van der Waals surface area (Å²) in [5.41, 5.74) is 1.19. The Balaban J connectivity index is 1.51. The van der Waals surface area contributed by atoms with Crippen molar-refractivity contribution in [2.24, 2.45) is 5.92 Å². The van der Waals surface area contributed by atoms with Crippen LogP contribution in [0.4, 0.5) is 5.82 Å². The molecule has 1 saturated heterocycles. The molecule has 1 atom stereocenters. The van der Waals surface area contributed by atoms with Crippen molar-refractivity contribution >= 4 is 5.82 Å². The van der Waals surface area contributed by atoms with Crippen molar-refractivity contribution in [1.82, 2.24) is 9.88 Å². The molecule has 6 nitrogen and oxygen atoms in total. The van der Waals surface area contributed by atoms with Crippen LogP contribution in [0.1, 0.15) is 32.3 Å². The first-order valence-electron chi connectivity index (χ1n) is 11.1. The van der Waals surface area contributed by atoms with Gasteiger partial charge in [-0.25, -0.2) is 4.98 Å². The molecule has 162 valence electrons. The molecule has 0 radical (unpaired) electrons. The number of benzene rings is 1. The Bertz CT molecular complexity index is 794. The van der Waals surface area contributed by atoms with Gasteiger partial charge in [-0.3, -0.25) is 4.90 Å². The molecule has 2 aromatic rings. The van der Waals surface area contributed by atoms with Crippen LogP contribution in [0.5, 0.6) is 11.5 Å². The van der Waals surface area contributed by atoms with Gasteiger partial charge in [0.2, 0.25) is 6.79 Å². The second-order valence-corrected chi connectivity index (χ2v) is 8.58. The van der Waals surface area contributed by atoms with E-state index in [0.717, 1.165) is 56.7 Å². The van der Waals surface area contributed by atoms with Gasteiger partial charge in [-0.05, 0) is 61.7 Å². The minimum atomic E-state index is 0.299. The van der Waals surface area contributed by atoms with Crippen LogP contribution in [0, 0.1) is 5.92 Å². The van der Waals surface area contributed by atoms with Crippen LogP contribution in [0.3, 0.4) is 0 Å². The van der Waals surface area contributed by atoms with Gasteiger partial charge in [0.1, 0.15) is 5.82 Å². The first-order chi connectivity index (χ1) is 14.7. The first kappa shape index (κ1) is 20.9. The topological polar surface area (TPSA) is 47.1 Å². The summed E-state index contributed by atoms with van der Waals surface area (Å²) >= 11 is 0. The minimum absolute atomic E-state index is 0.299. The fraction of sp³-hybridized carbons (Fsp3) is 0.542. The highest BCUT2D eigenvalue weighted by Crippen LogP contribution is 2.33. The van der Waals surface area contributed by atoms with Crippen molar-refractivity contribution in [2.45, 2.75) is 39.3 Å². The van der Waals surface area contributed by atoms with E-state index in [1.165, 1.54) is 18.4 Å². The summed E-state index contributed by atoms with van der Waals surface area (Å²) in [5, 5.41) is 0. The first-order valence-corrected chi connectivity index (χ1v) is 11.1. The normalized spacial score (nSPS) is 16.9. The highest BCUT2D eigenvalue weighted by atomic mass is 16.7. The Labute approximate surface area is 179 Å². The van der Waals surface area contributed by atoms with Gasteiger partial charge in [0.25, 0.3) is 0 Å². The van der Waals surface area contributed by atoms with E-state index in [9.17, 15) is 0 Å². The molecule has 0 aliphatic carbocycles. The van der Waals surface area contributed by atoms with Gasteiger partial charge in [0.15, 0.2) is 11.5 Å². The van der Waals surface area contributed by atoms with E-state index in [4.69, 9.17) is 14.2 Å². The number of pyridine rings is 1. The molecule has 0 amide bonds. The number of fused-ring (bicyclic) bond motifs is 1. The number of likely N-dealkylation sites (tertiary alicyclic amines) is 1. The lowest BCUT2D eigenvalue weighted by Crippen LogP contribution is -2.46. The zero-order valence-corrected chi connectivity index (χ0v) is 18.1. The molecule has 30 heavy (non-hydrogen) atoms. The van der Waals surface area contributed by atoms with E-state index in [1.54, 1.807) is 0 Å². The van der Waals surface area contributed by atoms with Crippen LogP contribution in [-0.4, -0.2) is 55.6 Å². The lowest BCUT2D eigenvalue weighted by molar-refractivity contribution is 0.0567. The van der Waals surface area contributed by atoms with E-state index in [0.29, 0.717) is 18.8 Å². The van der Waals surface area contributed by atoms with Crippen LogP contribution in [0.15, 0.2) is 42.6 Å². The molecule has 6 heteroatoms. The average Bonchev–Trinajstić information content (AvgIpc) is 3.44. The molecule has 4 rings (SSSR count). The van der Waals surface area contributed by atoms with Gasteiger partial charge in [-0.15, -0.1) is 0 Å². The smallest absolute Gasteiger partial charge is 0.231 e. The number of hydrogen-bond donors (Lipinski definition) is 0. The highest BCUT2D eigenvalue weighted by molar-refractivity contribution is 5.46. The summed E-state index contributed by atoms with van der Waals surface area (Å²) in [6.45, 7) is 10.2. The number of anilines is 1. The van der Waals surface area contributed by atoms with Crippen molar-refractivity contribution in [1.29, 1.82) is 0 Å². The zero-order valence-electron chi connectivity index (χ0n) is 18.1. The van der Waals surface area contributed by atoms with Gasteiger partial charge in [-0.2, -0.15) is 0 Å². The molecule has 0 N–H and O–H groups in total. The maximum Gasteiger partial charge on any atom is 0.231 e. The summed E-state index contributed by atoms with van der Waals surface area (Å²) in [4.78, 5) is 9.59. The lowest BCUT2D eigenvalue weighted by atomic mass is 10.1. The molecule has 1 aromatic heterocycles. The number of ether oxygens (including phenoxy) is 3. The second kappa shape index (κ2) is 10.1. The summed E-state index contributed by atoms with van der Waals surface area (Å²) in [6.07, 6.45) is 4.40. The Hall–Kier alpha value is -2.31. The Morgan fingerprint density at radius 1 is 1.07 bits per heavy atom.